The number of unbranched alkanes of at least 4 members (excludes halogenated alkanes) is 5. The zero-order valence-corrected chi connectivity index (χ0v) is 18.9. The number of methoxy groups -OCH3 is 1. The van der Waals surface area contributed by atoms with Crippen molar-refractivity contribution in [3.05, 3.63) is 60.9 Å². The molecular weight excluding hydrogens is 388 g/mol. The van der Waals surface area contributed by atoms with Gasteiger partial charge in [-0.25, -0.2) is 9.97 Å². The fourth-order valence-electron chi connectivity index (χ4n) is 3.20. The topological polar surface area (TPSA) is 64.5 Å². The number of nitrogens with zero attached hydrogens (tertiary/aromatic N) is 2. The maximum atomic E-state index is 7.00. The molecule has 0 fully saturated rings. The Morgan fingerprint density at radius 1 is 0.742 bits per heavy atom. The Hall–Kier alpha value is -2.92. The minimum absolute atomic E-state index is 0.708. The van der Waals surface area contributed by atoms with Gasteiger partial charge in [-0.2, -0.15) is 0 Å². The van der Waals surface area contributed by atoms with E-state index in [1.54, 1.807) is 7.11 Å². The minimum atomic E-state index is 0.708. The van der Waals surface area contributed by atoms with Gasteiger partial charge in [-0.3, -0.25) is 0 Å². The van der Waals surface area contributed by atoms with Crippen LogP contribution in [-0.4, -0.2) is 35.9 Å². The van der Waals surface area contributed by atoms with Gasteiger partial charge in [-0.05, 0) is 48.4 Å². The van der Waals surface area contributed by atoms with Crippen LogP contribution in [0.5, 0.6) is 11.5 Å². The molecule has 1 aromatic heterocycles. The van der Waals surface area contributed by atoms with Gasteiger partial charge < -0.3 is 14.6 Å². The Morgan fingerprint density at radius 3 is 2.10 bits per heavy atom. The smallest absolute Gasteiger partial charge is 0.159 e. The first kappa shape index (κ1) is 24.4. The van der Waals surface area contributed by atoms with E-state index in [1.807, 2.05) is 60.9 Å². The summed E-state index contributed by atoms with van der Waals surface area (Å²) < 4.78 is 11.1. The molecule has 0 saturated carbocycles. The zero-order valence-electron chi connectivity index (χ0n) is 18.9. The number of hydrogen-bond donors (Lipinski definition) is 1. The second-order valence-electron chi connectivity index (χ2n) is 7.17. The molecule has 0 amide bonds. The average molecular weight is 423 g/mol. The highest BCUT2D eigenvalue weighted by Crippen LogP contribution is 2.25. The lowest BCUT2D eigenvalue weighted by atomic mass is 10.1. The van der Waals surface area contributed by atoms with Crippen LogP contribution in [0.15, 0.2) is 60.9 Å². The Kier molecular flexibility index (Phi) is 11.1. The lowest BCUT2D eigenvalue weighted by molar-refractivity contribution is 0.304. The summed E-state index contributed by atoms with van der Waals surface area (Å²) in [6.07, 6.45) is 11.3. The van der Waals surface area contributed by atoms with Crippen LogP contribution < -0.4 is 9.47 Å². The third kappa shape index (κ3) is 8.02. The van der Waals surface area contributed by atoms with E-state index in [9.17, 15) is 0 Å². The van der Waals surface area contributed by atoms with Crippen LogP contribution in [0.2, 0.25) is 0 Å². The fourth-order valence-corrected chi connectivity index (χ4v) is 3.20. The molecule has 3 rings (SSSR count). The van der Waals surface area contributed by atoms with Crippen molar-refractivity contribution in [2.24, 2.45) is 0 Å². The molecule has 5 heteroatoms. The van der Waals surface area contributed by atoms with E-state index in [4.69, 9.17) is 14.6 Å². The van der Waals surface area contributed by atoms with Gasteiger partial charge in [0.15, 0.2) is 5.82 Å². The molecule has 0 saturated heterocycles. The number of aliphatic hydroxyl groups is 1. The highest BCUT2D eigenvalue weighted by Gasteiger charge is 2.05. The van der Waals surface area contributed by atoms with Crippen molar-refractivity contribution in [2.75, 3.05) is 20.8 Å². The predicted octanol–water partition coefficient (Wildman–Crippen LogP) is 6.17. The lowest BCUT2D eigenvalue weighted by Crippen LogP contribution is -1.97. The molecule has 0 bridgehead atoms. The first-order chi connectivity index (χ1) is 15.3. The van der Waals surface area contributed by atoms with Gasteiger partial charge in [0.1, 0.15) is 11.5 Å². The molecule has 0 unspecified atom stereocenters. The van der Waals surface area contributed by atoms with Gasteiger partial charge in [0.25, 0.3) is 0 Å². The number of aliphatic hydroxyl groups excluding tert-OH is 1. The predicted molar refractivity (Wildman–Crippen MR) is 126 cm³/mol. The van der Waals surface area contributed by atoms with Crippen molar-refractivity contribution >= 4 is 0 Å². The van der Waals surface area contributed by atoms with E-state index in [0.717, 1.165) is 48.3 Å². The second kappa shape index (κ2) is 14.1. The van der Waals surface area contributed by atoms with Crippen molar-refractivity contribution in [1.82, 2.24) is 9.97 Å². The molecule has 0 aliphatic rings. The molecule has 5 nitrogen and oxygen atoms in total. The third-order valence-corrected chi connectivity index (χ3v) is 4.93. The quantitative estimate of drug-likeness (QED) is 0.375. The second-order valence-corrected chi connectivity index (χ2v) is 7.17. The average Bonchev–Trinajstić information content (AvgIpc) is 2.85. The molecule has 0 aliphatic carbocycles. The summed E-state index contributed by atoms with van der Waals surface area (Å²) in [4.78, 5) is 9.06. The molecule has 0 spiro atoms. The summed E-state index contributed by atoms with van der Waals surface area (Å²) in [5.74, 6) is 2.43. The SMILES string of the molecule is CCCCCCCCOc1ccc(-c2ncc(-c3cccc(OC)c3)cn2)cc1.CO. The first-order valence-electron chi connectivity index (χ1n) is 10.9. The van der Waals surface area contributed by atoms with Crippen LogP contribution in [0, 0.1) is 0 Å². The molecule has 3 aromatic rings. The highest BCUT2D eigenvalue weighted by molar-refractivity contribution is 5.65. The van der Waals surface area contributed by atoms with E-state index in [0.29, 0.717) is 5.82 Å². The Labute approximate surface area is 186 Å². The first-order valence-corrected chi connectivity index (χ1v) is 10.9. The van der Waals surface area contributed by atoms with Crippen molar-refractivity contribution < 1.29 is 14.6 Å². The maximum Gasteiger partial charge on any atom is 0.159 e. The standard InChI is InChI=1S/C25H30N2O2.CH4O/c1-3-4-5-6-7-8-16-29-23-14-12-20(13-15-23)25-26-18-22(19-27-25)21-10-9-11-24(17-21)28-2;1-2/h9-15,17-19H,3-8,16H2,1-2H3;2H,1H3. The lowest BCUT2D eigenvalue weighted by Gasteiger charge is -2.08. The molecule has 2 aromatic carbocycles. The molecule has 31 heavy (non-hydrogen) atoms. The van der Waals surface area contributed by atoms with E-state index in [-0.39, 0.29) is 0 Å². The van der Waals surface area contributed by atoms with Crippen LogP contribution in [0.3, 0.4) is 0 Å². The molecule has 0 aliphatic heterocycles. The molecule has 1 heterocycles. The van der Waals surface area contributed by atoms with Gasteiger partial charge >= 0.3 is 0 Å². The van der Waals surface area contributed by atoms with Gasteiger partial charge in [-0.15, -0.1) is 0 Å². The van der Waals surface area contributed by atoms with E-state index in [1.165, 1.54) is 32.1 Å². The van der Waals surface area contributed by atoms with Crippen LogP contribution >= 0.6 is 0 Å². The number of ether oxygens (including phenoxy) is 2. The highest BCUT2D eigenvalue weighted by atomic mass is 16.5. The van der Waals surface area contributed by atoms with E-state index >= 15 is 0 Å². The number of benzene rings is 2. The zero-order chi connectivity index (χ0) is 22.3. The largest absolute Gasteiger partial charge is 0.497 e. The number of rotatable bonds is 11. The van der Waals surface area contributed by atoms with Crippen LogP contribution in [0.25, 0.3) is 22.5 Å². The minimum Gasteiger partial charge on any atom is -0.497 e. The maximum absolute atomic E-state index is 7.00. The van der Waals surface area contributed by atoms with Crippen molar-refractivity contribution in [3.63, 3.8) is 0 Å². The van der Waals surface area contributed by atoms with Crippen LogP contribution in [-0.2, 0) is 0 Å². The van der Waals surface area contributed by atoms with Crippen LogP contribution in [0.4, 0.5) is 0 Å². The summed E-state index contributed by atoms with van der Waals surface area (Å²) >= 11 is 0. The summed E-state index contributed by atoms with van der Waals surface area (Å²) in [7, 11) is 2.67. The van der Waals surface area contributed by atoms with E-state index < -0.39 is 0 Å². The molecule has 166 valence electrons. The van der Waals surface area contributed by atoms with Crippen molar-refractivity contribution in [3.8, 4) is 34.0 Å². The summed E-state index contributed by atoms with van der Waals surface area (Å²) in [6.45, 7) is 3.02. The molecule has 0 radical (unpaired) electrons. The summed E-state index contributed by atoms with van der Waals surface area (Å²) in [5, 5.41) is 7.00. The molecule has 1 N–H and O–H groups in total. The monoisotopic (exact) mass is 422 g/mol. The third-order valence-electron chi connectivity index (χ3n) is 4.93. The van der Waals surface area contributed by atoms with Gasteiger partial charge in [-0.1, -0.05) is 51.2 Å². The number of hydrogen-bond acceptors (Lipinski definition) is 5. The fraction of sp³-hybridized carbons (Fsp3) is 0.385. The Balaban J connectivity index is 0.00000166. The summed E-state index contributed by atoms with van der Waals surface area (Å²) in [5.41, 5.74) is 2.98. The molecular formula is C26H34N2O3. The molecule has 0 atom stereocenters. The van der Waals surface area contributed by atoms with Crippen LogP contribution in [0.1, 0.15) is 45.4 Å². The van der Waals surface area contributed by atoms with Gasteiger partial charge in [0.05, 0.1) is 13.7 Å². The van der Waals surface area contributed by atoms with E-state index in [2.05, 4.69) is 16.9 Å². The number of aromatic nitrogens is 2. The van der Waals surface area contributed by atoms with Crippen molar-refractivity contribution in [1.29, 1.82) is 0 Å². The summed E-state index contributed by atoms with van der Waals surface area (Å²) in [6, 6.07) is 15.9. The normalized spacial score (nSPS) is 10.2. The van der Waals surface area contributed by atoms with Crippen molar-refractivity contribution in [2.45, 2.75) is 45.4 Å². The Morgan fingerprint density at radius 2 is 1.42 bits per heavy atom. The Bertz CT molecular complexity index is 865. The van der Waals surface area contributed by atoms with Gasteiger partial charge in [0, 0.05) is 30.6 Å². The van der Waals surface area contributed by atoms with Gasteiger partial charge in [0.2, 0.25) is 0 Å².